The lowest BCUT2D eigenvalue weighted by atomic mass is 10.0. The fourth-order valence-corrected chi connectivity index (χ4v) is 3.03. The summed E-state index contributed by atoms with van der Waals surface area (Å²) in [4.78, 5) is 4.64. The Labute approximate surface area is 139 Å². The first-order valence-electron chi connectivity index (χ1n) is 7.87. The minimum absolute atomic E-state index is 0.0207. The average Bonchev–Trinajstić information content (AvgIpc) is 2.62. The van der Waals surface area contributed by atoms with Crippen LogP contribution in [-0.2, 0) is 0 Å². The number of hydrogen-bond donors (Lipinski definition) is 1. The quantitative estimate of drug-likeness (QED) is 0.779. The molecule has 1 aromatic heterocycles. The summed E-state index contributed by atoms with van der Waals surface area (Å²) in [6, 6.07) is 14.7. The smallest absolute Gasteiger partial charge is 0.165 e. The van der Waals surface area contributed by atoms with Gasteiger partial charge in [0.25, 0.3) is 0 Å². The van der Waals surface area contributed by atoms with Crippen LogP contribution in [0.25, 0.3) is 10.9 Å². The second-order valence-electron chi connectivity index (χ2n) is 5.75. The van der Waals surface area contributed by atoms with Crippen molar-refractivity contribution in [1.82, 2.24) is 4.98 Å². The van der Waals surface area contributed by atoms with Crippen molar-refractivity contribution in [2.45, 2.75) is 12.5 Å². The zero-order chi connectivity index (χ0) is 16.5. The summed E-state index contributed by atoms with van der Waals surface area (Å²) in [6.07, 6.45) is 0.763. The minimum atomic E-state index is -0.322. The van der Waals surface area contributed by atoms with Gasteiger partial charge in [-0.15, -0.1) is 0 Å². The minimum Gasteiger partial charge on any atom is -0.497 e. The Balaban J connectivity index is 1.64. The number of methoxy groups -OCH3 is 1. The van der Waals surface area contributed by atoms with E-state index in [1.807, 2.05) is 36.4 Å². The molecule has 2 heterocycles. The molecule has 3 aromatic rings. The number of rotatable bonds is 3. The average molecular weight is 324 g/mol. The van der Waals surface area contributed by atoms with Gasteiger partial charge >= 0.3 is 0 Å². The van der Waals surface area contributed by atoms with Crippen LogP contribution < -0.4 is 14.8 Å². The molecule has 1 aliphatic rings. The van der Waals surface area contributed by atoms with E-state index in [0.29, 0.717) is 12.4 Å². The van der Waals surface area contributed by atoms with Crippen LogP contribution in [0.4, 0.5) is 10.2 Å². The van der Waals surface area contributed by atoms with E-state index in [1.54, 1.807) is 13.2 Å². The van der Waals surface area contributed by atoms with Gasteiger partial charge in [-0.25, -0.2) is 9.37 Å². The summed E-state index contributed by atoms with van der Waals surface area (Å²) >= 11 is 0. The van der Waals surface area contributed by atoms with Crippen molar-refractivity contribution in [3.8, 4) is 11.5 Å². The second kappa shape index (κ2) is 6.00. The van der Waals surface area contributed by atoms with E-state index >= 15 is 0 Å². The summed E-state index contributed by atoms with van der Waals surface area (Å²) < 4.78 is 24.6. The van der Waals surface area contributed by atoms with Crippen molar-refractivity contribution in [3.63, 3.8) is 0 Å². The zero-order valence-electron chi connectivity index (χ0n) is 13.3. The molecule has 1 N–H and O–H groups in total. The molecular formula is C19H17FN2O2. The molecule has 1 atom stereocenters. The molecule has 0 fully saturated rings. The number of aromatic nitrogens is 1. The highest BCUT2D eigenvalue weighted by Crippen LogP contribution is 2.36. The molecule has 0 bridgehead atoms. The van der Waals surface area contributed by atoms with Crippen LogP contribution in [0.1, 0.15) is 18.0 Å². The van der Waals surface area contributed by atoms with E-state index in [4.69, 9.17) is 9.47 Å². The highest BCUT2D eigenvalue weighted by atomic mass is 19.1. The van der Waals surface area contributed by atoms with Gasteiger partial charge in [-0.3, -0.25) is 0 Å². The van der Waals surface area contributed by atoms with Crippen LogP contribution in [0.3, 0.4) is 0 Å². The summed E-state index contributed by atoms with van der Waals surface area (Å²) in [5.74, 6) is 1.58. The zero-order valence-corrected chi connectivity index (χ0v) is 13.3. The Morgan fingerprint density at radius 2 is 2.12 bits per heavy atom. The van der Waals surface area contributed by atoms with E-state index in [2.05, 4.69) is 10.3 Å². The molecular weight excluding hydrogens is 307 g/mol. The van der Waals surface area contributed by atoms with Gasteiger partial charge in [-0.2, -0.15) is 0 Å². The van der Waals surface area contributed by atoms with Gasteiger partial charge in [0.1, 0.15) is 11.6 Å². The number of anilines is 1. The van der Waals surface area contributed by atoms with Crippen LogP contribution >= 0.6 is 0 Å². The standard InChI is InChI=1S/C19H17FN2O2/c1-23-13-6-7-16-12(11-13)5-8-18(21-16)22-17-9-10-24-19-14(17)3-2-4-15(19)20/h2-8,11,17H,9-10H2,1H3,(H,21,22)/t17-/m0/s1. The lowest BCUT2D eigenvalue weighted by molar-refractivity contribution is 0.260. The maximum atomic E-state index is 13.9. The first kappa shape index (κ1) is 14.8. The van der Waals surface area contributed by atoms with Crippen molar-refractivity contribution < 1.29 is 13.9 Å². The van der Waals surface area contributed by atoms with Crippen molar-refractivity contribution >= 4 is 16.7 Å². The Morgan fingerprint density at radius 1 is 1.21 bits per heavy atom. The molecule has 0 saturated heterocycles. The third-order valence-electron chi connectivity index (χ3n) is 4.24. The van der Waals surface area contributed by atoms with Crippen molar-refractivity contribution in [1.29, 1.82) is 0 Å². The van der Waals surface area contributed by atoms with Gasteiger partial charge in [0.15, 0.2) is 11.6 Å². The van der Waals surface area contributed by atoms with E-state index < -0.39 is 0 Å². The molecule has 0 saturated carbocycles. The molecule has 5 heteroatoms. The van der Waals surface area contributed by atoms with Gasteiger partial charge in [0.05, 0.1) is 25.3 Å². The molecule has 0 amide bonds. The molecule has 4 nitrogen and oxygen atoms in total. The van der Waals surface area contributed by atoms with Crippen LogP contribution in [0.5, 0.6) is 11.5 Å². The first-order chi connectivity index (χ1) is 11.7. The number of nitrogens with one attached hydrogen (secondary N) is 1. The normalized spacial score (nSPS) is 16.3. The summed E-state index contributed by atoms with van der Waals surface area (Å²) in [5, 5.41) is 4.41. The third-order valence-corrected chi connectivity index (χ3v) is 4.24. The molecule has 1 aliphatic heterocycles. The molecule has 0 unspecified atom stereocenters. The fraction of sp³-hybridized carbons (Fsp3) is 0.211. The second-order valence-corrected chi connectivity index (χ2v) is 5.75. The number of pyridine rings is 1. The Morgan fingerprint density at radius 3 is 3.00 bits per heavy atom. The fourth-order valence-electron chi connectivity index (χ4n) is 3.03. The molecule has 2 aromatic carbocycles. The predicted octanol–water partition coefficient (Wildman–Crippen LogP) is 4.32. The largest absolute Gasteiger partial charge is 0.497 e. The van der Waals surface area contributed by atoms with Crippen LogP contribution in [-0.4, -0.2) is 18.7 Å². The Hall–Kier alpha value is -2.82. The van der Waals surface area contributed by atoms with Gasteiger partial charge in [0, 0.05) is 17.4 Å². The number of hydrogen-bond acceptors (Lipinski definition) is 4. The number of halogens is 1. The first-order valence-corrected chi connectivity index (χ1v) is 7.87. The van der Waals surface area contributed by atoms with Crippen molar-refractivity contribution in [3.05, 3.63) is 59.9 Å². The van der Waals surface area contributed by atoms with Gasteiger partial charge in [-0.1, -0.05) is 12.1 Å². The molecule has 0 aliphatic carbocycles. The molecule has 0 spiro atoms. The van der Waals surface area contributed by atoms with Crippen LogP contribution in [0.15, 0.2) is 48.5 Å². The third kappa shape index (κ3) is 2.62. The number of ether oxygens (including phenoxy) is 2. The number of para-hydroxylation sites is 1. The molecule has 0 radical (unpaired) electrons. The number of nitrogens with zero attached hydrogens (tertiary/aromatic N) is 1. The Bertz CT molecular complexity index is 898. The van der Waals surface area contributed by atoms with Crippen molar-refractivity contribution in [2.75, 3.05) is 19.0 Å². The topological polar surface area (TPSA) is 43.4 Å². The Kier molecular flexibility index (Phi) is 3.69. The van der Waals surface area contributed by atoms with Gasteiger partial charge in [-0.05, 0) is 36.4 Å². The maximum Gasteiger partial charge on any atom is 0.165 e. The van der Waals surface area contributed by atoms with E-state index in [9.17, 15) is 4.39 Å². The number of fused-ring (bicyclic) bond motifs is 2. The predicted molar refractivity (Wildman–Crippen MR) is 91.2 cm³/mol. The SMILES string of the molecule is COc1ccc2nc(N[C@H]3CCOc4c(F)cccc43)ccc2c1. The molecule has 122 valence electrons. The number of benzene rings is 2. The van der Waals surface area contributed by atoms with E-state index in [0.717, 1.165) is 34.5 Å². The molecule has 24 heavy (non-hydrogen) atoms. The van der Waals surface area contributed by atoms with Crippen molar-refractivity contribution in [2.24, 2.45) is 0 Å². The van der Waals surface area contributed by atoms with E-state index in [1.165, 1.54) is 6.07 Å². The lowest BCUT2D eigenvalue weighted by Gasteiger charge is -2.27. The summed E-state index contributed by atoms with van der Waals surface area (Å²) in [5.41, 5.74) is 1.71. The maximum absolute atomic E-state index is 13.9. The van der Waals surface area contributed by atoms with Gasteiger partial charge in [0.2, 0.25) is 0 Å². The summed E-state index contributed by atoms with van der Waals surface area (Å²) in [7, 11) is 1.65. The summed E-state index contributed by atoms with van der Waals surface area (Å²) in [6.45, 7) is 0.483. The molecule has 4 rings (SSSR count). The monoisotopic (exact) mass is 324 g/mol. The van der Waals surface area contributed by atoms with Crippen LogP contribution in [0, 0.1) is 5.82 Å². The van der Waals surface area contributed by atoms with E-state index in [-0.39, 0.29) is 11.9 Å². The van der Waals surface area contributed by atoms with Gasteiger partial charge < -0.3 is 14.8 Å². The lowest BCUT2D eigenvalue weighted by Crippen LogP contribution is -2.21. The van der Waals surface area contributed by atoms with Crippen LogP contribution in [0.2, 0.25) is 0 Å². The highest BCUT2D eigenvalue weighted by Gasteiger charge is 2.24. The highest BCUT2D eigenvalue weighted by molar-refractivity contribution is 5.81.